The van der Waals surface area contributed by atoms with Crippen LogP contribution in [-0.4, -0.2) is 40.6 Å². The van der Waals surface area contributed by atoms with E-state index in [0.29, 0.717) is 0 Å². The van der Waals surface area contributed by atoms with Crippen molar-refractivity contribution in [2.45, 2.75) is 51.5 Å². The molecule has 0 aromatic carbocycles. The fourth-order valence-corrected chi connectivity index (χ4v) is 6.95. The SMILES string of the molecule is CCC[Si-](OC)(OC)N1CCC2CCCCC2C1. The van der Waals surface area contributed by atoms with Crippen LogP contribution in [0.3, 0.4) is 0 Å². The lowest BCUT2D eigenvalue weighted by Gasteiger charge is -2.55. The molecule has 1 aliphatic heterocycles. The van der Waals surface area contributed by atoms with Gasteiger partial charge in [0.05, 0.1) is 0 Å². The Morgan fingerprint density at radius 3 is 2.33 bits per heavy atom. The van der Waals surface area contributed by atoms with Gasteiger partial charge in [-0.05, 0) is 52.0 Å². The average molecular weight is 271 g/mol. The quantitative estimate of drug-likeness (QED) is 0.717. The molecule has 0 aromatic rings. The van der Waals surface area contributed by atoms with Crippen molar-refractivity contribution in [2.24, 2.45) is 11.8 Å². The molecule has 1 aliphatic carbocycles. The molecule has 2 fully saturated rings. The van der Waals surface area contributed by atoms with Crippen LogP contribution in [0.1, 0.15) is 45.4 Å². The zero-order chi connectivity index (χ0) is 13.0. The Kier molecular flexibility index (Phi) is 5.24. The number of hydrogen-bond donors (Lipinski definition) is 0. The second-order valence-corrected chi connectivity index (χ2v) is 9.28. The van der Waals surface area contributed by atoms with Crippen molar-refractivity contribution >= 4 is 8.72 Å². The van der Waals surface area contributed by atoms with Crippen molar-refractivity contribution < 1.29 is 8.85 Å². The molecule has 1 saturated carbocycles. The molecule has 0 aromatic heterocycles. The predicted molar refractivity (Wildman–Crippen MR) is 76.5 cm³/mol. The topological polar surface area (TPSA) is 21.7 Å². The monoisotopic (exact) mass is 271 g/mol. The highest BCUT2D eigenvalue weighted by molar-refractivity contribution is 6.64. The van der Waals surface area contributed by atoms with Gasteiger partial charge in [-0.25, -0.2) is 0 Å². The summed E-state index contributed by atoms with van der Waals surface area (Å²) in [5.74, 6) is 1.89. The van der Waals surface area contributed by atoms with E-state index in [-0.39, 0.29) is 0 Å². The van der Waals surface area contributed by atoms with Crippen LogP contribution in [0, 0.1) is 11.8 Å². The summed E-state index contributed by atoms with van der Waals surface area (Å²) in [5.41, 5.74) is 0. The van der Waals surface area contributed by atoms with E-state index in [2.05, 4.69) is 11.5 Å². The Hall–Kier alpha value is 0.0969. The van der Waals surface area contributed by atoms with Crippen molar-refractivity contribution in [1.29, 1.82) is 0 Å². The summed E-state index contributed by atoms with van der Waals surface area (Å²) >= 11 is 0. The lowest BCUT2D eigenvalue weighted by molar-refractivity contribution is 0.0802. The Morgan fingerprint density at radius 1 is 1.06 bits per heavy atom. The molecule has 0 radical (unpaired) electrons. The first-order valence-corrected chi connectivity index (χ1v) is 9.58. The van der Waals surface area contributed by atoms with Gasteiger partial charge in [-0.15, -0.1) is 0 Å². The van der Waals surface area contributed by atoms with Crippen molar-refractivity contribution in [2.75, 3.05) is 27.3 Å². The lowest BCUT2D eigenvalue weighted by Crippen LogP contribution is -2.61. The van der Waals surface area contributed by atoms with E-state index in [9.17, 15) is 0 Å². The van der Waals surface area contributed by atoms with Crippen LogP contribution in [0.2, 0.25) is 6.04 Å². The summed E-state index contributed by atoms with van der Waals surface area (Å²) < 4.78 is 14.4. The van der Waals surface area contributed by atoms with Gasteiger partial charge in [0.2, 0.25) is 8.72 Å². The third-order valence-corrected chi connectivity index (χ3v) is 8.75. The second-order valence-electron chi connectivity index (χ2n) is 5.91. The molecule has 107 valence electrons. The van der Waals surface area contributed by atoms with Gasteiger partial charge in [0, 0.05) is 0 Å². The molecule has 0 amide bonds. The van der Waals surface area contributed by atoms with Crippen molar-refractivity contribution in [1.82, 2.24) is 4.57 Å². The maximum absolute atomic E-state index is 5.89. The molecule has 2 atom stereocenters. The first kappa shape index (κ1) is 14.5. The van der Waals surface area contributed by atoms with Crippen molar-refractivity contribution in [3.63, 3.8) is 0 Å². The fourth-order valence-electron chi connectivity index (χ4n) is 3.93. The molecule has 3 nitrogen and oxygen atoms in total. The summed E-state index contributed by atoms with van der Waals surface area (Å²) in [4.78, 5) is 0. The van der Waals surface area contributed by atoms with Gasteiger partial charge in [-0.2, -0.15) is 0 Å². The Morgan fingerprint density at radius 2 is 1.72 bits per heavy atom. The zero-order valence-electron chi connectivity index (χ0n) is 12.3. The van der Waals surface area contributed by atoms with Gasteiger partial charge in [0.15, 0.2) is 0 Å². The first-order chi connectivity index (χ1) is 8.75. The van der Waals surface area contributed by atoms with Crippen molar-refractivity contribution in [3.8, 4) is 0 Å². The standard InChI is InChI=1S/C14H29NO2Si/c1-4-11-18(16-2,17-3)15-10-9-13-7-5-6-8-14(13)12-15/h13-14H,4-12H2,1-3H3/q-1. The van der Waals surface area contributed by atoms with E-state index in [4.69, 9.17) is 8.85 Å². The number of piperidine rings is 1. The molecular formula is C14H29NO2Si-. The van der Waals surface area contributed by atoms with E-state index in [1.165, 1.54) is 45.2 Å². The van der Waals surface area contributed by atoms with Gasteiger partial charge in [0.1, 0.15) is 0 Å². The molecule has 2 aliphatic rings. The maximum atomic E-state index is 5.89. The number of hydrogen-bond acceptors (Lipinski definition) is 3. The summed E-state index contributed by atoms with van der Waals surface area (Å²) in [5, 5.41) is 0. The van der Waals surface area contributed by atoms with Gasteiger partial charge >= 0.3 is 0 Å². The van der Waals surface area contributed by atoms with E-state index < -0.39 is 8.72 Å². The molecule has 0 spiro atoms. The molecule has 1 saturated heterocycles. The summed E-state index contributed by atoms with van der Waals surface area (Å²) in [6.45, 7) is 4.64. The van der Waals surface area contributed by atoms with Crippen LogP contribution in [0.15, 0.2) is 0 Å². The second kappa shape index (κ2) is 6.50. The minimum absolute atomic E-state index is 0.904. The maximum Gasteiger partial charge on any atom is 0.212 e. The van der Waals surface area contributed by atoms with Gasteiger partial charge in [-0.1, -0.05) is 38.7 Å². The molecule has 2 unspecified atom stereocenters. The average Bonchev–Trinajstić information content (AvgIpc) is 2.44. The van der Waals surface area contributed by atoms with Crippen LogP contribution >= 0.6 is 0 Å². The number of rotatable bonds is 5. The summed E-state index contributed by atoms with van der Waals surface area (Å²) in [7, 11) is 1.61. The Labute approximate surface area is 113 Å². The molecule has 1 heterocycles. The minimum Gasteiger partial charge on any atom is -0.536 e. The van der Waals surface area contributed by atoms with E-state index >= 15 is 0 Å². The molecule has 2 rings (SSSR count). The molecule has 4 heteroatoms. The normalized spacial score (nSPS) is 30.2. The van der Waals surface area contributed by atoms with Gasteiger partial charge < -0.3 is 13.4 Å². The van der Waals surface area contributed by atoms with Crippen LogP contribution in [0.5, 0.6) is 0 Å². The van der Waals surface area contributed by atoms with Crippen LogP contribution < -0.4 is 0 Å². The molecule has 18 heavy (non-hydrogen) atoms. The zero-order valence-corrected chi connectivity index (χ0v) is 13.3. The molecule has 0 N–H and O–H groups in total. The fraction of sp³-hybridized carbons (Fsp3) is 1.00. The van der Waals surface area contributed by atoms with Gasteiger partial charge in [-0.3, -0.25) is 0 Å². The first-order valence-electron chi connectivity index (χ1n) is 7.61. The lowest BCUT2D eigenvalue weighted by atomic mass is 9.76. The van der Waals surface area contributed by atoms with Crippen molar-refractivity contribution in [3.05, 3.63) is 0 Å². The predicted octanol–water partition coefficient (Wildman–Crippen LogP) is 3.14. The number of fused-ring (bicyclic) bond motifs is 1. The Bertz CT molecular complexity index is 258. The molecule has 0 bridgehead atoms. The molecular weight excluding hydrogens is 242 g/mol. The third kappa shape index (κ3) is 2.82. The van der Waals surface area contributed by atoms with E-state index in [1.54, 1.807) is 0 Å². The van der Waals surface area contributed by atoms with Crippen LogP contribution in [0.4, 0.5) is 0 Å². The third-order valence-electron chi connectivity index (χ3n) is 4.98. The largest absolute Gasteiger partial charge is 0.536 e. The highest BCUT2D eigenvalue weighted by atomic mass is 28.4. The van der Waals surface area contributed by atoms with Crippen LogP contribution in [-0.2, 0) is 8.85 Å². The summed E-state index contributed by atoms with van der Waals surface area (Å²) in [6, 6.07) is 1.09. The minimum atomic E-state index is -2.09. The smallest absolute Gasteiger partial charge is 0.212 e. The highest BCUT2D eigenvalue weighted by Gasteiger charge is 2.36. The summed E-state index contributed by atoms with van der Waals surface area (Å²) in [6.07, 6.45) is 8.27. The highest BCUT2D eigenvalue weighted by Crippen LogP contribution is 2.38. The van der Waals surface area contributed by atoms with E-state index in [1.807, 2.05) is 14.2 Å². The van der Waals surface area contributed by atoms with Crippen LogP contribution in [0.25, 0.3) is 0 Å². The van der Waals surface area contributed by atoms with E-state index in [0.717, 1.165) is 24.3 Å². The van der Waals surface area contributed by atoms with Gasteiger partial charge in [0.25, 0.3) is 0 Å². The number of nitrogens with zero attached hydrogens (tertiary/aromatic N) is 1. The Balaban J connectivity index is 2.03.